The molecule has 0 heterocycles. The molecule has 0 saturated heterocycles. The van der Waals surface area contributed by atoms with E-state index < -0.39 is 31.1 Å². The molecule has 0 saturated carbocycles. The number of nitrogens with one attached hydrogen (secondary N) is 1. The molecule has 7 nitrogen and oxygen atoms in total. The second-order valence-corrected chi connectivity index (χ2v) is 9.97. The van der Waals surface area contributed by atoms with Crippen LogP contribution in [0.5, 0.6) is 0 Å². The van der Waals surface area contributed by atoms with Crippen molar-refractivity contribution < 1.29 is 23.1 Å². The highest BCUT2D eigenvalue weighted by Gasteiger charge is 2.42. The van der Waals surface area contributed by atoms with E-state index in [9.17, 15) is 9.36 Å². The maximum atomic E-state index is 13.5. The summed E-state index contributed by atoms with van der Waals surface area (Å²) < 4.78 is 30.0. The van der Waals surface area contributed by atoms with Gasteiger partial charge in [0.25, 0.3) is 0 Å². The number of carbonyl (C=O) groups excluding carboxylic acids is 1. The van der Waals surface area contributed by atoms with E-state index in [0.29, 0.717) is 5.56 Å². The molecule has 0 aliphatic carbocycles. The topological polar surface area (TPSA) is 99.9 Å². The molecule has 0 aliphatic rings. The summed E-state index contributed by atoms with van der Waals surface area (Å²) in [6.45, 7) is 12.3. The molecule has 2 unspecified atom stereocenters. The largest absolute Gasteiger partial charge is 0.444 e. The third-order valence-electron chi connectivity index (χ3n) is 3.25. The van der Waals surface area contributed by atoms with E-state index in [4.69, 9.17) is 19.5 Å². The van der Waals surface area contributed by atoms with Crippen molar-refractivity contribution in [2.45, 2.75) is 78.1 Å². The van der Waals surface area contributed by atoms with E-state index >= 15 is 0 Å². The van der Waals surface area contributed by atoms with Crippen molar-refractivity contribution >= 4 is 13.7 Å². The van der Waals surface area contributed by atoms with Gasteiger partial charge in [0.2, 0.25) is 0 Å². The summed E-state index contributed by atoms with van der Waals surface area (Å²) in [4.78, 5) is 12.4. The molecule has 1 aromatic carbocycles. The summed E-state index contributed by atoms with van der Waals surface area (Å²) in [7, 11) is -3.74. The SMILES string of the molecule is CC(C)OP(=O)(OC(C)C)C(N)C(NC(=O)OC(C)(C)C)c1ccccc1. The van der Waals surface area contributed by atoms with Gasteiger partial charge in [0.15, 0.2) is 0 Å². The average Bonchev–Trinajstić information content (AvgIpc) is 2.49. The van der Waals surface area contributed by atoms with Crippen molar-refractivity contribution in [3.63, 3.8) is 0 Å². The summed E-state index contributed by atoms with van der Waals surface area (Å²) in [5.74, 6) is -1.11. The van der Waals surface area contributed by atoms with Crippen molar-refractivity contribution in [2.24, 2.45) is 5.73 Å². The van der Waals surface area contributed by atoms with Crippen LogP contribution < -0.4 is 11.1 Å². The minimum atomic E-state index is -3.74. The molecule has 1 amide bonds. The fourth-order valence-corrected chi connectivity index (χ4v) is 4.51. The Morgan fingerprint density at radius 2 is 1.52 bits per heavy atom. The second kappa shape index (κ2) is 9.69. The predicted molar refractivity (Wildman–Crippen MR) is 107 cm³/mol. The van der Waals surface area contributed by atoms with Gasteiger partial charge in [-0.3, -0.25) is 4.57 Å². The van der Waals surface area contributed by atoms with Crippen molar-refractivity contribution in [2.75, 3.05) is 0 Å². The molecule has 8 heteroatoms. The molecule has 0 fully saturated rings. The lowest BCUT2D eigenvalue weighted by molar-refractivity contribution is 0.0497. The van der Waals surface area contributed by atoms with Gasteiger partial charge in [-0.2, -0.15) is 0 Å². The van der Waals surface area contributed by atoms with E-state index in [1.807, 2.05) is 18.2 Å². The monoisotopic (exact) mass is 400 g/mol. The van der Waals surface area contributed by atoms with E-state index in [2.05, 4.69) is 5.32 Å². The van der Waals surface area contributed by atoms with Gasteiger partial charge in [-0.05, 0) is 54.0 Å². The van der Waals surface area contributed by atoms with Crippen molar-refractivity contribution in [1.82, 2.24) is 5.32 Å². The standard InChI is InChI=1S/C19H33N2O5P/c1-13(2)25-27(23,26-14(3)4)17(20)16(15-11-9-8-10-12-15)21-18(22)24-19(5,6)7/h8-14,16-17H,20H2,1-7H3,(H,21,22). The highest BCUT2D eigenvalue weighted by molar-refractivity contribution is 7.54. The molecule has 2 atom stereocenters. The number of nitrogens with two attached hydrogens (primary N) is 1. The van der Waals surface area contributed by atoms with Crippen LogP contribution in [0.25, 0.3) is 0 Å². The number of rotatable bonds is 8. The summed E-state index contributed by atoms with van der Waals surface area (Å²) >= 11 is 0. The van der Waals surface area contributed by atoms with Gasteiger partial charge in [-0.1, -0.05) is 30.3 Å². The molecule has 1 aromatic rings. The van der Waals surface area contributed by atoms with Crippen LogP contribution in [0.4, 0.5) is 4.79 Å². The summed E-state index contributed by atoms with van der Waals surface area (Å²) in [6, 6.07) is 8.22. The second-order valence-electron chi connectivity index (χ2n) is 7.87. The smallest absolute Gasteiger partial charge is 0.408 e. The quantitative estimate of drug-likeness (QED) is 0.620. The van der Waals surface area contributed by atoms with Crippen LogP contribution in [-0.4, -0.2) is 29.7 Å². The maximum absolute atomic E-state index is 13.5. The summed E-state index contributed by atoms with van der Waals surface area (Å²) in [5.41, 5.74) is 6.35. The molecule has 154 valence electrons. The zero-order chi connectivity index (χ0) is 20.8. The Hall–Kier alpha value is -1.40. The van der Waals surface area contributed by atoms with Crippen LogP contribution in [-0.2, 0) is 18.3 Å². The summed E-state index contributed by atoms with van der Waals surface area (Å²) in [5, 5.41) is 2.72. The molecule has 0 aliphatic heterocycles. The van der Waals surface area contributed by atoms with Crippen LogP contribution in [0.1, 0.15) is 60.1 Å². The van der Waals surface area contributed by atoms with Gasteiger partial charge in [0.1, 0.15) is 11.4 Å². The fourth-order valence-electron chi connectivity index (χ4n) is 2.40. The number of hydrogen-bond donors (Lipinski definition) is 2. The van der Waals surface area contributed by atoms with E-state index in [-0.39, 0.29) is 12.2 Å². The first kappa shape index (κ1) is 23.6. The normalized spacial score (nSPS) is 14.9. The number of ether oxygens (including phenoxy) is 1. The van der Waals surface area contributed by atoms with Gasteiger partial charge >= 0.3 is 13.7 Å². The van der Waals surface area contributed by atoms with E-state index in [1.54, 1.807) is 60.6 Å². The minimum absolute atomic E-state index is 0.362. The van der Waals surface area contributed by atoms with Crippen LogP contribution in [0.3, 0.4) is 0 Å². The van der Waals surface area contributed by atoms with Crippen molar-refractivity contribution in [3.8, 4) is 0 Å². The van der Waals surface area contributed by atoms with Gasteiger partial charge < -0.3 is 24.8 Å². The Balaban J connectivity index is 3.23. The fraction of sp³-hybridized carbons (Fsp3) is 0.632. The Labute approximate surface area is 162 Å². The first-order valence-corrected chi connectivity index (χ1v) is 10.7. The van der Waals surface area contributed by atoms with Crippen LogP contribution in [0, 0.1) is 0 Å². The first-order valence-electron chi connectivity index (χ1n) is 9.10. The number of benzene rings is 1. The molecule has 0 aromatic heterocycles. The number of alkyl carbamates (subject to hydrolysis) is 1. The van der Waals surface area contributed by atoms with Crippen LogP contribution >= 0.6 is 7.60 Å². The van der Waals surface area contributed by atoms with Crippen LogP contribution in [0.15, 0.2) is 30.3 Å². The highest BCUT2D eigenvalue weighted by atomic mass is 31.2. The Morgan fingerprint density at radius 3 is 1.93 bits per heavy atom. The summed E-state index contributed by atoms with van der Waals surface area (Å²) in [6.07, 6.45) is -1.38. The van der Waals surface area contributed by atoms with Crippen molar-refractivity contribution in [1.29, 1.82) is 0 Å². The maximum Gasteiger partial charge on any atom is 0.408 e. The zero-order valence-electron chi connectivity index (χ0n) is 17.3. The third kappa shape index (κ3) is 8.01. The lowest BCUT2D eigenvalue weighted by atomic mass is 10.1. The highest BCUT2D eigenvalue weighted by Crippen LogP contribution is 2.56. The number of amides is 1. The Morgan fingerprint density at radius 1 is 1.04 bits per heavy atom. The van der Waals surface area contributed by atoms with Gasteiger partial charge in [-0.15, -0.1) is 0 Å². The van der Waals surface area contributed by atoms with Gasteiger partial charge in [0.05, 0.1) is 18.2 Å². The molecular weight excluding hydrogens is 367 g/mol. The molecule has 0 spiro atoms. The van der Waals surface area contributed by atoms with E-state index in [0.717, 1.165) is 0 Å². The van der Waals surface area contributed by atoms with Crippen molar-refractivity contribution in [3.05, 3.63) is 35.9 Å². The zero-order valence-corrected chi connectivity index (χ0v) is 18.2. The van der Waals surface area contributed by atoms with E-state index in [1.165, 1.54) is 0 Å². The number of hydrogen-bond acceptors (Lipinski definition) is 6. The molecule has 27 heavy (non-hydrogen) atoms. The number of carbonyl (C=O) groups is 1. The molecule has 0 radical (unpaired) electrons. The third-order valence-corrected chi connectivity index (χ3v) is 5.71. The molecular formula is C19H33N2O5P. The molecule has 1 rings (SSSR count). The average molecular weight is 400 g/mol. The van der Waals surface area contributed by atoms with Gasteiger partial charge in [0, 0.05) is 0 Å². The molecule has 0 bridgehead atoms. The molecule has 3 N–H and O–H groups in total. The van der Waals surface area contributed by atoms with Crippen LogP contribution in [0.2, 0.25) is 0 Å². The minimum Gasteiger partial charge on any atom is -0.444 e. The van der Waals surface area contributed by atoms with Gasteiger partial charge in [-0.25, -0.2) is 4.79 Å². The predicted octanol–water partition coefficient (Wildman–Crippen LogP) is 4.58. The Kier molecular flexibility index (Phi) is 8.48. The Bertz CT molecular complexity index is 629. The first-order chi connectivity index (χ1) is 12.3. The lowest BCUT2D eigenvalue weighted by Gasteiger charge is -2.33. The lowest BCUT2D eigenvalue weighted by Crippen LogP contribution is -2.44.